The topological polar surface area (TPSA) is 84.7 Å². The van der Waals surface area contributed by atoms with Crippen molar-refractivity contribution in [3.63, 3.8) is 0 Å². The molecule has 2 heterocycles. The first-order valence-electron chi connectivity index (χ1n) is 9.79. The fourth-order valence-electron chi connectivity index (χ4n) is 3.40. The van der Waals surface area contributed by atoms with Crippen molar-refractivity contribution in [1.29, 1.82) is 0 Å². The highest BCUT2D eigenvalue weighted by molar-refractivity contribution is 6.01. The maximum Gasteiger partial charge on any atom is 0.264 e. The maximum atomic E-state index is 13.2. The van der Waals surface area contributed by atoms with Gasteiger partial charge in [-0.05, 0) is 42.8 Å². The monoisotopic (exact) mass is 414 g/mol. The van der Waals surface area contributed by atoms with Crippen molar-refractivity contribution in [3.05, 3.63) is 98.3 Å². The van der Waals surface area contributed by atoms with Crippen LogP contribution in [0.5, 0.6) is 0 Å². The highest BCUT2D eigenvalue weighted by Crippen LogP contribution is 2.11. The quantitative estimate of drug-likeness (QED) is 0.679. The number of aryl methyl sites for hydroxylation is 2. The fourth-order valence-corrected chi connectivity index (χ4v) is 3.40. The van der Waals surface area contributed by atoms with Gasteiger partial charge in [0.1, 0.15) is 11.8 Å². The van der Waals surface area contributed by atoms with Crippen LogP contribution in [0.3, 0.4) is 0 Å². The van der Waals surface area contributed by atoms with Gasteiger partial charge in [-0.3, -0.25) is 9.59 Å². The van der Waals surface area contributed by atoms with Gasteiger partial charge in [0.05, 0.1) is 0 Å². The fraction of sp³-hybridized carbons (Fsp3) is 0.125. The van der Waals surface area contributed by atoms with Crippen molar-refractivity contribution in [3.8, 4) is 0 Å². The van der Waals surface area contributed by atoms with Crippen LogP contribution in [0.2, 0.25) is 0 Å². The van der Waals surface area contributed by atoms with Crippen molar-refractivity contribution in [2.75, 3.05) is 5.32 Å². The number of nitrogens with one attached hydrogen (secondary N) is 2. The molecule has 31 heavy (non-hydrogen) atoms. The molecule has 1 aliphatic rings. The lowest BCUT2D eigenvalue weighted by Gasteiger charge is -2.11. The number of aromatic nitrogens is 1. The number of benzene rings is 2. The van der Waals surface area contributed by atoms with Crippen LogP contribution >= 0.6 is 0 Å². The van der Waals surface area contributed by atoms with Crippen molar-refractivity contribution in [1.82, 2.24) is 10.0 Å². The van der Waals surface area contributed by atoms with E-state index >= 15 is 0 Å². The van der Waals surface area contributed by atoms with Crippen LogP contribution in [0.15, 0.2) is 70.5 Å². The van der Waals surface area contributed by atoms with Gasteiger partial charge in [-0.15, -0.1) is 0 Å². The first-order valence-corrected chi connectivity index (χ1v) is 9.79. The molecule has 0 saturated heterocycles. The molecule has 4 rings (SSSR count). The van der Waals surface area contributed by atoms with E-state index in [1.807, 2.05) is 55.5 Å². The number of hydrogen-bond acceptors (Lipinski definition) is 5. The van der Waals surface area contributed by atoms with E-state index in [1.54, 1.807) is 19.1 Å². The third-order valence-corrected chi connectivity index (χ3v) is 4.91. The molecule has 7 heteroatoms. The summed E-state index contributed by atoms with van der Waals surface area (Å²) in [7, 11) is 0. The van der Waals surface area contributed by atoms with E-state index in [2.05, 4.69) is 22.4 Å². The number of hydroxylamine groups is 1. The molecule has 2 aromatic carbocycles. The maximum absolute atomic E-state index is 13.2. The minimum absolute atomic E-state index is 0.127. The number of aliphatic imine (C=N–C) groups is 1. The predicted molar refractivity (Wildman–Crippen MR) is 121 cm³/mol. The molecule has 0 atom stereocenters. The first-order chi connectivity index (χ1) is 14.9. The van der Waals surface area contributed by atoms with E-state index in [1.165, 1.54) is 4.57 Å². The number of carbonyl (C=O) groups excluding carboxylic acids is 1. The number of rotatable bonds is 4. The zero-order valence-electron chi connectivity index (χ0n) is 17.3. The van der Waals surface area contributed by atoms with Crippen LogP contribution in [0.1, 0.15) is 16.8 Å². The van der Waals surface area contributed by atoms with Crippen molar-refractivity contribution < 1.29 is 9.63 Å². The lowest BCUT2D eigenvalue weighted by molar-refractivity contribution is -0.116. The van der Waals surface area contributed by atoms with Gasteiger partial charge in [0.2, 0.25) is 5.91 Å². The second-order valence-corrected chi connectivity index (χ2v) is 7.33. The summed E-state index contributed by atoms with van der Waals surface area (Å²) in [5.41, 5.74) is 5.52. The molecule has 156 valence electrons. The predicted octanol–water partition coefficient (Wildman–Crippen LogP) is 1.56. The molecule has 1 aromatic heterocycles. The summed E-state index contributed by atoms with van der Waals surface area (Å²) in [4.78, 5) is 35.7. The molecule has 0 spiro atoms. The van der Waals surface area contributed by atoms with Crippen LogP contribution in [-0.4, -0.2) is 16.3 Å². The molecule has 0 radical (unpaired) electrons. The Kier molecular flexibility index (Phi) is 5.41. The number of pyridine rings is 1. The minimum Gasteiger partial charge on any atom is -0.359 e. The smallest absolute Gasteiger partial charge is 0.264 e. The Labute approximate surface area is 179 Å². The SMILES string of the molecule is C=c1cc(C)n(CC(=O)Nc2cccc(C)c2)c(=O)c1=C1N=C(c2ccccc2)NO1. The van der Waals surface area contributed by atoms with Gasteiger partial charge in [-0.1, -0.05) is 49.0 Å². The van der Waals surface area contributed by atoms with Gasteiger partial charge in [0, 0.05) is 16.9 Å². The lowest BCUT2D eigenvalue weighted by Crippen LogP contribution is -2.47. The number of amidine groups is 1. The van der Waals surface area contributed by atoms with Gasteiger partial charge >= 0.3 is 0 Å². The van der Waals surface area contributed by atoms with Crippen LogP contribution in [0, 0.1) is 13.8 Å². The van der Waals surface area contributed by atoms with E-state index in [9.17, 15) is 9.59 Å². The number of carbonyl (C=O) groups is 1. The summed E-state index contributed by atoms with van der Waals surface area (Å²) >= 11 is 0. The summed E-state index contributed by atoms with van der Waals surface area (Å²) in [6, 6.07) is 18.7. The molecule has 1 amide bonds. The van der Waals surface area contributed by atoms with E-state index in [0.717, 1.165) is 11.1 Å². The van der Waals surface area contributed by atoms with Gasteiger partial charge in [0.15, 0.2) is 5.84 Å². The Morgan fingerprint density at radius 1 is 1.13 bits per heavy atom. The minimum atomic E-state index is -0.390. The van der Waals surface area contributed by atoms with Crippen LogP contribution in [0.4, 0.5) is 5.69 Å². The van der Waals surface area contributed by atoms with Crippen molar-refractivity contribution >= 4 is 29.9 Å². The summed E-state index contributed by atoms with van der Waals surface area (Å²) in [6.07, 6.45) is 0. The summed E-state index contributed by atoms with van der Waals surface area (Å²) in [5.74, 6) is 0.322. The Morgan fingerprint density at radius 2 is 1.90 bits per heavy atom. The largest absolute Gasteiger partial charge is 0.359 e. The third kappa shape index (κ3) is 4.25. The molecule has 0 bridgehead atoms. The molecule has 0 saturated carbocycles. The molecule has 1 aliphatic heterocycles. The first kappa shape index (κ1) is 20.2. The van der Waals surface area contributed by atoms with E-state index in [-0.39, 0.29) is 29.1 Å². The number of nitrogens with zero attached hydrogens (tertiary/aromatic N) is 2. The molecule has 0 aliphatic carbocycles. The highest BCUT2D eigenvalue weighted by atomic mass is 16.7. The van der Waals surface area contributed by atoms with Crippen LogP contribution < -0.4 is 26.8 Å². The Balaban J connectivity index is 1.70. The molecule has 7 nitrogen and oxygen atoms in total. The normalized spacial score (nSPS) is 14.5. The van der Waals surface area contributed by atoms with Crippen molar-refractivity contribution in [2.24, 2.45) is 4.99 Å². The number of amides is 1. The molecular weight excluding hydrogens is 392 g/mol. The second kappa shape index (κ2) is 8.31. The van der Waals surface area contributed by atoms with Crippen molar-refractivity contribution in [2.45, 2.75) is 20.4 Å². The van der Waals surface area contributed by atoms with Gasteiger partial charge in [-0.25, -0.2) is 5.48 Å². The molecule has 0 unspecified atom stereocenters. The van der Waals surface area contributed by atoms with E-state index < -0.39 is 0 Å². The Hall–Kier alpha value is -4.13. The molecular formula is C24H22N4O3. The summed E-state index contributed by atoms with van der Waals surface area (Å²) in [6.45, 7) is 7.54. The lowest BCUT2D eigenvalue weighted by atomic mass is 10.2. The Bertz CT molecular complexity index is 1360. The summed E-state index contributed by atoms with van der Waals surface area (Å²) in [5, 5.41) is 3.52. The van der Waals surface area contributed by atoms with Gasteiger partial charge < -0.3 is 14.7 Å². The highest BCUT2D eigenvalue weighted by Gasteiger charge is 2.18. The number of hydrogen-bond donors (Lipinski definition) is 2. The molecule has 3 aromatic rings. The standard InChI is InChI=1S/C24H22N4O3/c1-15-8-7-11-19(12-15)25-20(29)14-28-17(3)13-16(2)21(24(28)30)23-26-22(27-31-23)18-9-5-4-6-10-18/h4-13H,2,14H2,1,3H3,(H,25,29)(H,26,27). The summed E-state index contributed by atoms with van der Waals surface area (Å²) < 4.78 is 1.39. The van der Waals surface area contributed by atoms with Gasteiger partial charge in [-0.2, -0.15) is 4.99 Å². The Morgan fingerprint density at radius 3 is 2.65 bits per heavy atom. The average Bonchev–Trinajstić information content (AvgIpc) is 3.21. The third-order valence-electron chi connectivity index (χ3n) is 4.91. The van der Waals surface area contributed by atoms with Crippen LogP contribution in [0.25, 0.3) is 12.5 Å². The van der Waals surface area contributed by atoms with E-state index in [0.29, 0.717) is 22.4 Å². The van der Waals surface area contributed by atoms with E-state index in [4.69, 9.17) is 4.84 Å². The van der Waals surface area contributed by atoms with Gasteiger partial charge in [0.25, 0.3) is 11.4 Å². The molecule has 2 N–H and O–H groups in total. The zero-order valence-corrected chi connectivity index (χ0v) is 17.3. The second-order valence-electron chi connectivity index (χ2n) is 7.33. The number of anilines is 1. The zero-order chi connectivity index (χ0) is 22.0. The average molecular weight is 414 g/mol. The van der Waals surface area contributed by atoms with Crippen LogP contribution in [-0.2, 0) is 16.2 Å². The molecule has 0 fully saturated rings.